The Morgan fingerprint density at radius 3 is 2.50 bits per heavy atom. The van der Waals surface area contributed by atoms with Crippen molar-refractivity contribution in [3.63, 3.8) is 0 Å². The molecule has 0 rings (SSSR count). The Morgan fingerprint density at radius 2 is 2.38 bits per heavy atom. The van der Waals surface area contributed by atoms with Crippen LogP contribution in [-0.2, 0) is 0 Å². The summed E-state index contributed by atoms with van der Waals surface area (Å²) >= 11 is 5.16. The van der Waals surface area contributed by atoms with Crippen LogP contribution >= 0.6 is 11.6 Å². The van der Waals surface area contributed by atoms with Crippen molar-refractivity contribution in [2.75, 3.05) is 7.05 Å². The average molecular weight is 134 g/mol. The molecule has 0 bridgehead atoms. The molecular formula is C4H8ClN3. The van der Waals surface area contributed by atoms with Gasteiger partial charge in [0.25, 0.3) is 0 Å². The van der Waals surface area contributed by atoms with E-state index in [2.05, 4.69) is 5.32 Å². The van der Waals surface area contributed by atoms with E-state index >= 15 is 0 Å². The number of rotatable bonds is 2. The predicted molar refractivity (Wildman–Crippen MR) is 34.9 cm³/mol. The van der Waals surface area contributed by atoms with E-state index in [1.54, 1.807) is 7.05 Å². The summed E-state index contributed by atoms with van der Waals surface area (Å²) in [6, 6.07) is 0. The highest BCUT2D eigenvalue weighted by atomic mass is 35.5. The lowest BCUT2D eigenvalue weighted by Crippen LogP contribution is -2.08. The number of halogens is 1. The van der Waals surface area contributed by atoms with Crippen LogP contribution in [0.5, 0.6) is 0 Å². The van der Waals surface area contributed by atoms with E-state index in [9.17, 15) is 0 Å². The first-order valence-corrected chi connectivity index (χ1v) is 2.43. The van der Waals surface area contributed by atoms with Gasteiger partial charge in [-0.2, -0.15) is 0 Å². The largest absolute Gasteiger partial charge is 0.395 e. The number of hydrogen-bond donors (Lipinski definition) is 3. The van der Waals surface area contributed by atoms with Gasteiger partial charge < -0.3 is 11.1 Å². The quantitative estimate of drug-likeness (QED) is 0.472. The third kappa shape index (κ3) is 2.47. The van der Waals surface area contributed by atoms with E-state index in [4.69, 9.17) is 22.7 Å². The molecule has 0 radical (unpaired) electrons. The molecule has 0 unspecified atom stereocenters. The van der Waals surface area contributed by atoms with E-state index in [1.165, 1.54) is 6.20 Å². The summed E-state index contributed by atoms with van der Waals surface area (Å²) in [6.07, 6.45) is 1.45. The Kier molecular flexibility index (Phi) is 3.03. The second-order valence-corrected chi connectivity index (χ2v) is 1.58. The maximum atomic E-state index is 6.74. The first kappa shape index (κ1) is 7.30. The van der Waals surface area contributed by atoms with E-state index < -0.39 is 0 Å². The monoisotopic (exact) mass is 133 g/mol. The van der Waals surface area contributed by atoms with Crippen LogP contribution in [0.15, 0.2) is 11.9 Å². The first-order valence-electron chi connectivity index (χ1n) is 2.06. The van der Waals surface area contributed by atoms with Crippen molar-refractivity contribution in [3.8, 4) is 0 Å². The maximum Gasteiger partial charge on any atom is 0.145 e. The summed E-state index contributed by atoms with van der Waals surface area (Å²) in [5, 5.41) is 9.23. The fourth-order valence-corrected chi connectivity index (χ4v) is 0.273. The molecule has 0 aromatic heterocycles. The van der Waals surface area contributed by atoms with Gasteiger partial charge in [-0.15, -0.1) is 0 Å². The fraction of sp³-hybridized carbons (Fsp3) is 0.250. The van der Waals surface area contributed by atoms with Gasteiger partial charge in [0.05, 0.1) is 5.70 Å². The smallest absolute Gasteiger partial charge is 0.145 e. The maximum absolute atomic E-state index is 6.74. The SMILES string of the molecule is CNC=C(N)C(=N)Cl. The summed E-state index contributed by atoms with van der Waals surface area (Å²) in [5.41, 5.74) is 5.41. The van der Waals surface area contributed by atoms with Gasteiger partial charge in [0, 0.05) is 13.2 Å². The summed E-state index contributed by atoms with van der Waals surface area (Å²) in [5.74, 6) is 0. The highest BCUT2D eigenvalue weighted by Gasteiger charge is 1.90. The molecule has 0 fully saturated rings. The molecule has 0 spiro atoms. The molecular weight excluding hydrogens is 126 g/mol. The molecule has 4 N–H and O–H groups in total. The molecule has 0 aliphatic rings. The van der Waals surface area contributed by atoms with Crippen molar-refractivity contribution in [2.45, 2.75) is 0 Å². The lowest BCUT2D eigenvalue weighted by Gasteiger charge is -1.92. The summed E-state index contributed by atoms with van der Waals surface area (Å²) < 4.78 is 0. The van der Waals surface area contributed by atoms with Crippen LogP contribution < -0.4 is 11.1 Å². The second kappa shape index (κ2) is 3.32. The van der Waals surface area contributed by atoms with E-state index in [1.807, 2.05) is 0 Å². The molecule has 0 heterocycles. The van der Waals surface area contributed by atoms with E-state index in [0.29, 0.717) is 0 Å². The second-order valence-electron chi connectivity index (χ2n) is 1.20. The van der Waals surface area contributed by atoms with E-state index in [-0.39, 0.29) is 10.9 Å². The zero-order valence-electron chi connectivity index (χ0n) is 4.53. The minimum absolute atomic E-state index is 0.139. The van der Waals surface area contributed by atoms with Crippen LogP contribution in [0.1, 0.15) is 0 Å². The Hall–Kier alpha value is -0.700. The Bertz CT molecular complexity index is 118. The Balaban J connectivity index is 3.80. The van der Waals surface area contributed by atoms with Crippen molar-refractivity contribution in [1.29, 1.82) is 5.41 Å². The number of hydrogen-bond acceptors (Lipinski definition) is 3. The van der Waals surface area contributed by atoms with Gasteiger partial charge in [-0.1, -0.05) is 11.6 Å². The highest BCUT2D eigenvalue weighted by Crippen LogP contribution is 1.88. The van der Waals surface area contributed by atoms with E-state index in [0.717, 1.165) is 0 Å². The summed E-state index contributed by atoms with van der Waals surface area (Å²) in [7, 11) is 1.69. The van der Waals surface area contributed by atoms with Crippen molar-refractivity contribution >= 4 is 16.8 Å². The fourth-order valence-electron chi connectivity index (χ4n) is 0.219. The van der Waals surface area contributed by atoms with Gasteiger partial charge in [-0.05, 0) is 0 Å². The number of nitrogens with two attached hydrogens (primary N) is 1. The van der Waals surface area contributed by atoms with Gasteiger partial charge >= 0.3 is 0 Å². The Morgan fingerprint density at radius 1 is 1.88 bits per heavy atom. The van der Waals surface area contributed by atoms with Crippen molar-refractivity contribution in [1.82, 2.24) is 5.32 Å². The molecule has 46 valence electrons. The van der Waals surface area contributed by atoms with Gasteiger partial charge in [0.1, 0.15) is 5.17 Å². The van der Waals surface area contributed by atoms with Crippen molar-refractivity contribution in [2.24, 2.45) is 5.73 Å². The van der Waals surface area contributed by atoms with Crippen LogP contribution in [0.3, 0.4) is 0 Å². The minimum Gasteiger partial charge on any atom is -0.395 e. The molecule has 0 aliphatic carbocycles. The number of allylic oxidation sites excluding steroid dienone is 1. The average Bonchev–Trinajstić information content (AvgIpc) is 1.67. The molecule has 0 aliphatic heterocycles. The lowest BCUT2D eigenvalue weighted by atomic mass is 10.5. The molecule has 0 amide bonds. The predicted octanol–water partition coefficient (Wildman–Crippen LogP) is 0.222. The third-order valence-electron chi connectivity index (χ3n) is 0.553. The molecule has 0 saturated carbocycles. The lowest BCUT2D eigenvalue weighted by molar-refractivity contribution is 1.08. The first-order chi connectivity index (χ1) is 3.68. The molecule has 4 heteroatoms. The third-order valence-corrected chi connectivity index (χ3v) is 0.772. The molecule has 0 aromatic carbocycles. The zero-order valence-corrected chi connectivity index (χ0v) is 5.29. The summed E-state index contributed by atoms with van der Waals surface area (Å²) in [4.78, 5) is 0. The topological polar surface area (TPSA) is 61.9 Å². The van der Waals surface area contributed by atoms with Crippen LogP contribution in [0.25, 0.3) is 0 Å². The van der Waals surface area contributed by atoms with Gasteiger partial charge in [-0.3, -0.25) is 5.41 Å². The molecule has 0 aromatic rings. The van der Waals surface area contributed by atoms with Gasteiger partial charge in [0.2, 0.25) is 0 Å². The van der Waals surface area contributed by atoms with Crippen molar-refractivity contribution in [3.05, 3.63) is 11.9 Å². The zero-order chi connectivity index (χ0) is 6.57. The standard InChI is InChI=1S/C4H8ClN3/c1-8-2-3(6)4(5)7/h2,7-8H,6H2,1H3. The van der Waals surface area contributed by atoms with Crippen LogP contribution in [-0.4, -0.2) is 12.2 Å². The molecule has 3 nitrogen and oxygen atoms in total. The Labute approximate surface area is 53.0 Å². The highest BCUT2D eigenvalue weighted by molar-refractivity contribution is 6.68. The van der Waals surface area contributed by atoms with Gasteiger partial charge in [-0.25, -0.2) is 0 Å². The normalized spacial score (nSPS) is 11.0. The van der Waals surface area contributed by atoms with Crippen LogP contribution in [0.2, 0.25) is 0 Å². The van der Waals surface area contributed by atoms with Gasteiger partial charge in [0.15, 0.2) is 0 Å². The number of nitrogens with one attached hydrogen (secondary N) is 2. The van der Waals surface area contributed by atoms with Crippen LogP contribution in [0.4, 0.5) is 0 Å². The van der Waals surface area contributed by atoms with Crippen molar-refractivity contribution < 1.29 is 0 Å². The summed E-state index contributed by atoms with van der Waals surface area (Å²) in [6.45, 7) is 0. The molecule has 0 saturated heterocycles. The molecule has 8 heavy (non-hydrogen) atoms. The molecule has 0 atom stereocenters. The minimum atomic E-state index is -0.139. The van der Waals surface area contributed by atoms with Crippen LogP contribution in [0, 0.1) is 5.41 Å².